The average molecular weight is 210 g/mol. The molecule has 3 rings (SSSR count). The van der Waals surface area contributed by atoms with Crippen molar-refractivity contribution < 1.29 is 0 Å². The Morgan fingerprint density at radius 1 is 1.36 bits per heavy atom. The molecule has 0 amide bonds. The summed E-state index contributed by atoms with van der Waals surface area (Å²) in [4.78, 5) is 12.0. The molecule has 0 bridgehead atoms. The van der Waals surface area contributed by atoms with Gasteiger partial charge in [0.05, 0.1) is 5.69 Å². The highest BCUT2D eigenvalue weighted by Gasteiger charge is 2.31. The molecule has 0 radical (unpaired) electrons. The van der Waals surface area contributed by atoms with E-state index in [-0.39, 0.29) is 5.69 Å². The topological polar surface area (TPSA) is 26.9 Å². The van der Waals surface area contributed by atoms with E-state index in [1.54, 1.807) is 0 Å². The van der Waals surface area contributed by atoms with Gasteiger partial charge in [-0.2, -0.15) is 11.8 Å². The molecule has 0 spiro atoms. The molecule has 1 aromatic heterocycles. The number of hydrogen-bond acceptors (Lipinski definition) is 2. The molecule has 1 saturated carbocycles. The Labute approximate surface area is 87.1 Å². The third kappa shape index (κ3) is 1.10. The Bertz CT molecular complexity index is 428. The van der Waals surface area contributed by atoms with Gasteiger partial charge in [-0.3, -0.25) is 9.13 Å². The summed E-state index contributed by atoms with van der Waals surface area (Å²) in [5.74, 6) is 2.19. The Hall–Kier alpha value is -0.640. The zero-order valence-electron chi connectivity index (χ0n) is 8.32. The highest BCUT2D eigenvalue weighted by Crippen LogP contribution is 2.37. The minimum atomic E-state index is 0.208. The molecule has 0 N–H and O–H groups in total. The number of fused-ring (bicyclic) bond motifs is 1. The molecule has 1 aromatic rings. The van der Waals surface area contributed by atoms with Gasteiger partial charge in [-0.15, -0.1) is 0 Å². The van der Waals surface area contributed by atoms with Crippen molar-refractivity contribution in [3.8, 4) is 0 Å². The first-order valence-corrected chi connectivity index (χ1v) is 6.31. The first-order valence-electron chi connectivity index (χ1n) is 5.15. The van der Waals surface area contributed by atoms with Crippen molar-refractivity contribution in [1.82, 2.24) is 9.13 Å². The maximum Gasteiger partial charge on any atom is 0.328 e. The maximum absolute atomic E-state index is 12.0. The van der Waals surface area contributed by atoms with Gasteiger partial charge in [-0.25, -0.2) is 4.79 Å². The van der Waals surface area contributed by atoms with Crippen LogP contribution in [0.5, 0.6) is 0 Å². The number of thioether (sulfide) groups is 1. The summed E-state index contributed by atoms with van der Waals surface area (Å²) in [5.41, 5.74) is 2.79. The van der Waals surface area contributed by atoms with Gasteiger partial charge in [0.25, 0.3) is 0 Å². The molecule has 2 heterocycles. The Balaban J connectivity index is 2.22. The van der Waals surface area contributed by atoms with Crippen LogP contribution in [-0.2, 0) is 19.2 Å². The van der Waals surface area contributed by atoms with E-state index in [9.17, 15) is 4.79 Å². The monoisotopic (exact) mass is 210 g/mol. The van der Waals surface area contributed by atoms with Crippen LogP contribution in [0.3, 0.4) is 0 Å². The largest absolute Gasteiger partial charge is 0.328 e. The quantitative estimate of drug-likeness (QED) is 0.699. The standard InChI is InChI=1S/C10H14N2OS/c1-11-8-4-5-14-6-9(8)12(10(11)13)7-2-3-7/h7H,2-6H2,1H3. The molecule has 0 unspecified atom stereocenters. The van der Waals surface area contributed by atoms with Crippen LogP contribution in [0, 0.1) is 0 Å². The molecule has 0 saturated heterocycles. The van der Waals surface area contributed by atoms with Gasteiger partial charge in [-0.05, 0) is 25.0 Å². The third-order valence-corrected chi connectivity index (χ3v) is 4.13. The van der Waals surface area contributed by atoms with E-state index in [0.717, 1.165) is 17.9 Å². The molecule has 4 heteroatoms. The zero-order valence-corrected chi connectivity index (χ0v) is 9.14. The van der Waals surface area contributed by atoms with E-state index >= 15 is 0 Å². The maximum atomic E-state index is 12.0. The van der Waals surface area contributed by atoms with Crippen LogP contribution >= 0.6 is 11.8 Å². The van der Waals surface area contributed by atoms with E-state index in [0.29, 0.717) is 6.04 Å². The van der Waals surface area contributed by atoms with Gasteiger partial charge in [0.1, 0.15) is 0 Å². The van der Waals surface area contributed by atoms with Gasteiger partial charge in [-0.1, -0.05) is 0 Å². The lowest BCUT2D eigenvalue weighted by atomic mass is 10.2. The molecule has 14 heavy (non-hydrogen) atoms. The highest BCUT2D eigenvalue weighted by atomic mass is 32.2. The van der Waals surface area contributed by atoms with Crippen molar-refractivity contribution in [2.24, 2.45) is 7.05 Å². The van der Waals surface area contributed by atoms with Crippen LogP contribution < -0.4 is 5.69 Å². The second-order valence-electron chi connectivity index (χ2n) is 4.14. The molecule has 1 aliphatic heterocycles. The van der Waals surface area contributed by atoms with E-state index in [1.165, 1.54) is 24.2 Å². The molecule has 76 valence electrons. The predicted molar refractivity (Wildman–Crippen MR) is 57.8 cm³/mol. The second kappa shape index (κ2) is 2.92. The van der Waals surface area contributed by atoms with Crippen LogP contribution in [0.4, 0.5) is 0 Å². The van der Waals surface area contributed by atoms with Crippen molar-refractivity contribution in [3.63, 3.8) is 0 Å². The van der Waals surface area contributed by atoms with Gasteiger partial charge in [0.2, 0.25) is 0 Å². The third-order valence-electron chi connectivity index (χ3n) is 3.16. The van der Waals surface area contributed by atoms with Crippen molar-refractivity contribution in [1.29, 1.82) is 0 Å². The van der Waals surface area contributed by atoms with Crippen molar-refractivity contribution in [3.05, 3.63) is 21.9 Å². The highest BCUT2D eigenvalue weighted by molar-refractivity contribution is 7.98. The lowest BCUT2D eigenvalue weighted by molar-refractivity contribution is 0.662. The van der Waals surface area contributed by atoms with Crippen LogP contribution in [-0.4, -0.2) is 14.9 Å². The number of aromatic nitrogens is 2. The zero-order chi connectivity index (χ0) is 9.71. The van der Waals surface area contributed by atoms with Gasteiger partial charge in [0.15, 0.2) is 0 Å². The minimum Gasteiger partial charge on any atom is -0.299 e. The molecule has 1 aliphatic carbocycles. The summed E-state index contributed by atoms with van der Waals surface area (Å²) in [6, 6.07) is 0.524. The fourth-order valence-electron chi connectivity index (χ4n) is 2.24. The minimum absolute atomic E-state index is 0.208. The summed E-state index contributed by atoms with van der Waals surface area (Å²) in [6.07, 6.45) is 3.45. The summed E-state index contributed by atoms with van der Waals surface area (Å²) < 4.78 is 3.90. The van der Waals surface area contributed by atoms with E-state index in [2.05, 4.69) is 0 Å². The first kappa shape index (κ1) is 8.65. The van der Waals surface area contributed by atoms with E-state index in [4.69, 9.17) is 0 Å². The lowest BCUT2D eigenvalue weighted by Gasteiger charge is -2.13. The van der Waals surface area contributed by atoms with Gasteiger partial charge < -0.3 is 0 Å². The number of hydrogen-bond donors (Lipinski definition) is 0. The smallest absolute Gasteiger partial charge is 0.299 e. The van der Waals surface area contributed by atoms with Crippen molar-refractivity contribution in [2.75, 3.05) is 5.75 Å². The molecular formula is C10H14N2OS. The average Bonchev–Trinajstić information content (AvgIpc) is 2.99. The molecule has 3 nitrogen and oxygen atoms in total. The summed E-state index contributed by atoms with van der Waals surface area (Å²) in [7, 11) is 1.91. The fraction of sp³-hybridized carbons (Fsp3) is 0.700. The van der Waals surface area contributed by atoms with E-state index < -0.39 is 0 Å². The number of rotatable bonds is 1. The number of imidazole rings is 1. The van der Waals surface area contributed by atoms with Gasteiger partial charge >= 0.3 is 5.69 Å². The van der Waals surface area contributed by atoms with Crippen LogP contribution in [0.25, 0.3) is 0 Å². The fourth-order valence-corrected chi connectivity index (χ4v) is 3.22. The Kier molecular flexibility index (Phi) is 1.81. The molecule has 0 atom stereocenters. The van der Waals surface area contributed by atoms with Crippen LogP contribution in [0.2, 0.25) is 0 Å². The number of nitrogens with zero attached hydrogens (tertiary/aromatic N) is 2. The second-order valence-corrected chi connectivity index (χ2v) is 5.24. The van der Waals surface area contributed by atoms with E-state index in [1.807, 2.05) is 27.9 Å². The molecule has 2 aliphatic rings. The summed E-state index contributed by atoms with van der Waals surface area (Å²) in [6.45, 7) is 0. The Morgan fingerprint density at radius 2 is 2.14 bits per heavy atom. The molecule has 0 aromatic carbocycles. The molecule has 1 fully saturated rings. The van der Waals surface area contributed by atoms with Crippen LogP contribution in [0.1, 0.15) is 30.3 Å². The first-order chi connectivity index (χ1) is 6.79. The lowest BCUT2D eigenvalue weighted by Crippen LogP contribution is -2.22. The van der Waals surface area contributed by atoms with Crippen molar-refractivity contribution in [2.45, 2.75) is 31.1 Å². The van der Waals surface area contributed by atoms with Crippen molar-refractivity contribution >= 4 is 11.8 Å². The SMILES string of the molecule is Cn1c2c(n(C3CC3)c1=O)CSCC2. The summed E-state index contributed by atoms with van der Waals surface area (Å²) in [5, 5.41) is 0. The Morgan fingerprint density at radius 3 is 2.86 bits per heavy atom. The normalized spacial score (nSPS) is 20.9. The van der Waals surface area contributed by atoms with Crippen LogP contribution in [0.15, 0.2) is 4.79 Å². The van der Waals surface area contributed by atoms with Gasteiger partial charge in [0, 0.05) is 24.5 Å². The molecular weight excluding hydrogens is 196 g/mol. The predicted octanol–water partition coefficient (Wildman–Crippen LogP) is 1.31. The summed E-state index contributed by atoms with van der Waals surface area (Å²) >= 11 is 1.95.